The summed E-state index contributed by atoms with van der Waals surface area (Å²) in [6.07, 6.45) is 0.119. The summed E-state index contributed by atoms with van der Waals surface area (Å²) in [5, 5.41) is 1.50. The number of aromatic nitrogens is 1. The Morgan fingerprint density at radius 3 is 2.11 bits per heavy atom. The zero-order chi connectivity index (χ0) is 32.2. The first-order chi connectivity index (χ1) is 21.4. The molecule has 2 aliphatic rings. The number of esters is 1. The van der Waals surface area contributed by atoms with Gasteiger partial charge in [-0.3, -0.25) is 19.3 Å². The lowest BCUT2D eigenvalue weighted by Gasteiger charge is -2.29. The molecular formula is C34H26Br2Cl2N2O5. The van der Waals surface area contributed by atoms with Crippen molar-refractivity contribution in [1.29, 1.82) is 0 Å². The van der Waals surface area contributed by atoms with Crippen molar-refractivity contribution in [2.45, 2.75) is 42.4 Å². The van der Waals surface area contributed by atoms with Crippen molar-refractivity contribution in [3.63, 3.8) is 0 Å². The molecule has 5 unspecified atom stereocenters. The first-order valence-corrected chi connectivity index (χ1v) is 16.9. The predicted octanol–water partition coefficient (Wildman–Crippen LogP) is 8.37. The molecule has 1 aliphatic carbocycles. The van der Waals surface area contributed by atoms with Crippen molar-refractivity contribution in [2.75, 3.05) is 4.90 Å². The highest BCUT2D eigenvalue weighted by Gasteiger charge is 2.52. The van der Waals surface area contributed by atoms with Crippen molar-refractivity contribution < 1.29 is 23.9 Å². The quantitative estimate of drug-likeness (QED) is 0.0847. The second-order valence-electron chi connectivity index (χ2n) is 11.3. The average molecular weight is 773 g/mol. The topological polar surface area (TPSA) is 93.6 Å². The second-order valence-corrected chi connectivity index (χ2v) is 14.5. The van der Waals surface area contributed by atoms with Gasteiger partial charge >= 0.3 is 5.97 Å². The van der Waals surface area contributed by atoms with Gasteiger partial charge in [0.15, 0.2) is 6.10 Å². The number of hydrogen-bond donors (Lipinski definition) is 0. The third-order valence-electron chi connectivity index (χ3n) is 8.50. The molecule has 45 heavy (non-hydrogen) atoms. The van der Waals surface area contributed by atoms with Crippen LogP contribution in [0.15, 0.2) is 66.7 Å². The summed E-state index contributed by atoms with van der Waals surface area (Å²) in [5.74, 6) is -2.15. The van der Waals surface area contributed by atoms with E-state index in [9.17, 15) is 19.2 Å². The Balaban J connectivity index is 1.31. The van der Waals surface area contributed by atoms with Gasteiger partial charge in [0.05, 0.1) is 34.3 Å². The molecule has 6 rings (SSSR count). The SMILES string of the molecule is Cc1c(Cl)ccc2c(C(=O)OC(C)C(=O)c3ccc(Cl)cc3)cc(-c3ccc(N4C(=O)C5CC(Br)C(Br)CC5C4=O)cc3)nc12. The zero-order valence-electron chi connectivity index (χ0n) is 24.1. The van der Waals surface area contributed by atoms with E-state index >= 15 is 0 Å². The van der Waals surface area contributed by atoms with Crippen LogP contribution in [0.25, 0.3) is 22.2 Å². The maximum absolute atomic E-state index is 13.6. The molecule has 11 heteroatoms. The van der Waals surface area contributed by atoms with Crippen molar-refractivity contribution in [2.24, 2.45) is 11.8 Å². The molecule has 2 amide bonds. The van der Waals surface area contributed by atoms with Crippen LogP contribution < -0.4 is 4.90 Å². The van der Waals surface area contributed by atoms with Gasteiger partial charge in [-0.25, -0.2) is 9.78 Å². The number of alkyl halides is 2. The molecule has 2 fully saturated rings. The summed E-state index contributed by atoms with van der Waals surface area (Å²) >= 11 is 19.6. The molecule has 5 atom stereocenters. The van der Waals surface area contributed by atoms with E-state index in [4.69, 9.17) is 32.9 Å². The predicted molar refractivity (Wildman–Crippen MR) is 182 cm³/mol. The number of carbonyl (C=O) groups excluding carboxylic acids is 4. The summed E-state index contributed by atoms with van der Waals surface area (Å²) < 4.78 is 5.65. The number of aryl methyl sites for hydroxylation is 1. The highest BCUT2D eigenvalue weighted by Crippen LogP contribution is 2.44. The maximum atomic E-state index is 13.6. The van der Waals surface area contributed by atoms with Crippen LogP contribution in [0.4, 0.5) is 5.69 Å². The van der Waals surface area contributed by atoms with Gasteiger partial charge in [0, 0.05) is 36.2 Å². The van der Waals surface area contributed by atoms with Crippen molar-refractivity contribution >= 4 is 95.2 Å². The zero-order valence-corrected chi connectivity index (χ0v) is 28.8. The van der Waals surface area contributed by atoms with Crippen LogP contribution >= 0.6 is 55.1 Å². The van der Waals surface area contributed by atoms with Crippen molar-refractivity contribution in [3.8, 4) is 11.3 Å². The normalized spacial score (nSPS) is 22.0. The minimum absolute atomic E-state index is 0.119. The molecule has 4 aromatic rings. The molecule has 7 nitrogen and oxygen atoms in total. The standard InChI is InChI=1S/C34H26Br2Cl2N2O5/c1-16-28(38)12-11-22-25(34(44)45-17(2)31(41)19-3-7-20(37)8-4-19)15-29(39-30(16)22)18-5-9-21(10-6-18)40-32(42)23-13-26(35)27(36)14-24(23)33(40)43/h3-12,15,17,23-24,26-27H,13-14H2,1-2H3. The number of ketones is 1. The fraction of sp³-hybridized carbons (Fsp3) is 0.265. The number of fused-ring (bicyclic) bond motifs is 2. The lowest BCUT2D eigenvalue weighted by molar-refractivity contribution is -0.122. The van der Waals surface area contributed by atoms with E-state index in [0.29, 0.717) is 61.9 Å². The summed E-state index contributed by atoms with van der Waals surface area (Å²) in [6.45, 7) is 3.33. The van der Waals surface area contributed by atoms with Crippen LogP contribution in [0.2, 0.25) is 10.0 Å². The summed E-state index contributed by atoms with van der Waals surface area (Å²) in [5.41, 5.74) is 3.37. The molecular weight excluding hydrogens is 747 g/mol. The number of ether oxygens (including phenoxy) is 1. The Bertz CT molecular complexity index is 1840. The summed E-state index contributed by atoms with van der Waals surface area (Å²) in [4.78, 5) is 59.5. The molecule has 0 spiro atoms. The van der Waals surface area contributed by atoms with Gasteiger partial charge in [0.1, 0.15) is 0 Å². The molecule has 1 saturated carbocycles. The summed E-state index contributed by atoms with van der Waals surface area (Å²) in [7, 11) is 0. The highest BCUT2D eigenvalue weighted by molar-refractivity contribution is 9.12. The Labute approximate surface area is 286 Å². The lowest BCUT2D eigenvalue weighted by atomic mass is 9.81. The third kappa shape index (κ3) is 5.96. The number of imide groups is 1. The molecule has 230 valence electrons. The van der Waals surface area contributed by atoms with Crippen LogP contribution in [0, 0.1) is 18.8 Å². The monoisotopic (exact) mass is 770 g/mol. The first kappa shape index (κ1) is 31.9. The van der Waals surface area contributed by atoms with Crippen molar-refractivity contribution in [1.82, 2.24) is 4.98 Å². The van der Waals surface area contributed by atoms with Crippen LogP contribution in [0.3, 0.4) is 0 Å². The number of benzene rings is 3. The van der Waals surface area contributed by atoms with Gasteiger partial charge in [-0.2, -0.15) is 0 Å². The molecule has 3 aromatic carbocycles. The number of rotatable bonds is 6. The van der Waals surface area contributed by atoms with Gasteiger partial charge in [0.2, 0.25) is 17.6 Å². The fourth-order valence-corrected chi connectivity index (χ4v) is 7.49. The highest BCUT2D eigenvalue weighted by atomic mass is 79.9. The number of Topliss-reactive ketones (excluding diaryl/α,β-unsaturated/α-hetero) is 1. The number of pyridine rings is 1. The average Bonchev–Trinajstić information content (AvgIpc) is 3.26. The minimum Gasteiger partial charge on any atom is -0.451 e. The van der Waals surface area contributed by atoms with Crippen LogP contribution in [-0.2, 0) is 14.3 Å². The Kier molecular flexibility index (Phi) is 8.91. The molecule has 1 saturated heterocycles. The van der Waals surface area contributed by atoms with Gasteiger partial charge in [0.25, 0.3) is 0 Å². The van der Waals surface area contributed by atoms with Gasteiger partial charge in [-0.1, -0.05) is 73.3 Å². The number of hydrogen-bond acceptors (Lipinski definition) is 6. The molecule has 1 aromatic heterocycles. The van der Waals surface area contributed by atoms with Crippen molar-refractivity contribution in [3.05, 3.63) is 93.5 Å². The fourth-order valence-electron chi connectivity index (χ4n) is 5.98. The molecule has 2 heterocycles. The summed E-state index contributed by atoms with van der Waals surface area (Å²) in [6, 6.07) is 18.3. The minimum atomic E-state index is -1.06. The number of halogens is 4. The van der Waals surface area contributed by atoms with Gasteiger partial charge < -0.3 is 4.74 Å². The molecule has 0 N–H and O–H groups in total. The van der Waals surface area contributed by atoms with E-state index in [0.717, 1.165) is 0 Å². The Hall–Kier alpha value is -3.11. The smallest absolute Gasteiger partial charge is 0.339 e. The number of amides is 2. The van der Waals surface area contributed by atoms with Crippen LogP contribution in [0.1, 0.15) is 46.0 Å². The Morgan fingerprint density at radius 1 is 0.911 bits per heavy atom. The third-order valence-corrected chi connectivity index (χ3v) is 11.9. The van der Waals surface area contributed by atoms with E-state index < -0.39 is 12.1 Å². The van der Waals surface area contributed by atoms with E-state index in [-0.39, 0.29) is 44.7 Å². The van der Waals surface area contributed by atoms with E-state index in [1.807, 2.05) is 6.92 Å². The molecule has 0 radical (unpaired) electrons. The first-order valence-electron chi connectivity index (χ1n) is 14.3. The molecule has 1 aliphatic heterocycles. The van der Waals surface area contributed by atoms with E-state index in [2.05, 4.69) is 31.9 Å². The van der Waals surface area contributed by atoms with Gasteiger partial charge in [-0.15, -0.1) is 0 Å². The largest absolute Gasteiger partial charge is 0.451 e. The second kappa shape index (κ2) is 12.6. The molecule has 0 bridgehead atoms. The number of carbonyl (C=O) groups is 4. The van der Waals surface area contributed by atoms with Crippen LogP contribution in [0.5, 0.6) is 0 Å². The number of nitrogens with zero attached hydrogens (tertiary/aromatic N) is 2. The van der Waals surface area contributed by atoms with Gasteiger partial charge in [-0.05, 0) is 80.8 Å². The lowest BCUT2D eigenvalue weighted by Crippen LogP contribution is -2.34. The van der Waals surface area contributed by atoms with Crippen LogP contribution in [-0.4, -0.2) is 44.3 Å². The van der Waals surface area contributed by atoms with E-state index in [1.165, 1.54) is 11.8 Å². The Morgan fingerprint density at radius 2 is 1.51 bits per heavy atom. The van der Waals surface area contributed by atoms with E-state index in [1.54, 1.807) is 66.7 Å². The maximum Gasteiger partial charge on any atom is 0.339 e. The number of anilines is 1.